The van der Waals surface area contributed by atoms with Crippen molar-refractivity contribution < 1.29 is 14.3 Å². The van der Waals surface area contributed by atoms with E-state index in [1.807, 2.05) is 36.6 Å². The lowest BCUT2D eigenvalue weighted by Crippen LogP contribution is -2.54. The minimum absolute atomic E-state index is 0.00511. The highest BCUT2D eigenvalue weighted by Gasteiger charge is 2.36. The molecule has 0 aliphatic carbocycles. The van der Waals surface area contributed by atoms with Crippen LogP contribution in [0.4, 0.5) is 5.69 Å². The van der Waals surface area contributed by atoms with E-state index in [1.165, 1.54) is 12.0 Å². The number of methoxy groups -OCH3 is 1. The molecule has 0 spiro atoms. The summed E-state index contributed by atoms with van der Waals surface area (Å²) in [6.07, 6.45) is 5.04. The van der Waals surface area contributed by atoms with Gasteiger partial charge in [0.25, 0.3) is 11.8 Å². The predicted octanol–water partition coefficient (Wildman–Crippen LogP) is 3.33. The van der Waals surface area contributed by atoms with Gasteiger partial charge in [0.05, 0.1) is 12.8 Å². The minimum Gasteiger partial charge on any atom is -0.495 e. The number of rotatable bonds is 4. The molecule has 3 heterocycles. The molecule has 1 aliphatic heterocycles. The molecule has 4 rings (SSSR count). The highest BCUT2D eigenvalue weighted by Crippen LogP contribution is 2.31. The van der Waals surface area contributed by atoms with E-state index in [4.69, 9.17) is 17.0 Å². The molecule has 1 aromatic carbocycles. The predicted molar refractivity (Wildman–Crippen MR) is 122 cm³/mol. The molecule has 0 radical (unpaired) electrons. The zero-order chi connectivity index (χ0) is 22.1. The summed E-state index contributed by atoms with van der Waals surface area (Å²) in [7, 11) is 1.51. The van der Waals surface area contributed by atoms with Crippen LogP contribution in [0.5, 0.6) is 5.75 Å². The van der Waals surface area contributed by atoms with Gasteiger partial charge in [-0.05, 0) is 68.0 Å². The van der Waals surface area contributed by atoms with Crippen molar-refractivity contribution in [3.8, 4) is 11.4 Å². The van der Waals surface area contributed by atoms with Crippen molar-refractivity contribution >= 4 is 40.9 Å². The van der Waals surface area contributed by atoms with Gasteiger partial charge in [-0.2, -0.15) is 0 Å². The number of hydrogen-bond acceptors (Lipinski definition) is 5. The molecular weight excluding hydrogens is 412 g/mol. The number of ether oxygens (including phenoxy) is 1. The van der Waals surface area contributed by atoms with Crippen LogP contribution in [0.25, 0.3) is 11.8 Å². The number of amides is 2. The van der Waals surface area contributed by atoms with Crippen LogP contribution in [0.3, 0.4) is 0 Å². The van der Waals surface area contributed by atoms with Crippen LogP contribution in [-0.4, -0.2) is 33.6 Å². The number of carbonyl (C=O) groups excluding carboxylic acids is 2. The molecule has 8 heteroatoms. The first kappa shape index (κ1) is 20.5. The van der Waals surface area contributed by atoms with Gasteiger partial charge < -0.3 is 9.30 Å². The Balaban J connectivity index is 1.78. The van der Waals surface area contributed by atoms with E-state index in [-0.39, 0.29) is 10.7 Å². The van der Waals surface area contributed by atoms with Crippen molar-refractivity contribution in [3.63, 3.8) is 0 Å². The number of nitrogens with one attached hydrogen (secondary N) is 1. The van der Waals surface area contributed by atoms with Gasteiger partial charge in [-0.15, -0.1) is 0 Å². The Labute approximate surface area is 185 Å². The summed E-state index contributed by atoms with van der Waals surface area (Å²) in [5.41, 5.74) is 4.04. The van der Waals surface area contributed by atoms with Crippen molar-refractivity contribution in [2.24, 2.45) is 0 Å². The third-order valence-electron chi connectivity index (χ3n) is 5.12. The number of hydrogen-bond donors (Lipinski definition) is 1. The summed E-state index contributed by atoms with van der Waals surface area (Å²) in [6, 6.07) is 12.7. The van der Waals surface area contributed by atoms with Gasteiger partial charge in [-0.25, -0.2) is 4.90 Å². The zero-order valence-electron chi connectivity index (χ0n) is 17.2. The lowest BCUT2D eigenvalue weighted by atomic mass is 10.1. The van der Waals surface area contributed by atoms with Crippen molar-refractivity contribution in [1.29, 1.82) is 0 Å². The molecule has 156 valence electrons. The highest BCUT2D eigenvalue weighted by atomic mass is 32.1. The third kappa shape index (κ3) is 3.62. The number of pyridine rings is 1. The van der Waals surface area contributed by atoms with Crippen molar-refractivity contribution in [2.45, 2.75) is 13.8 Å². The first-order valence-electron chi connectivity index (χ1n) is 9.56. The summed E-state index contributed by atoms with van der Waals surface area (Å²) >= 11 is 5.28. The number of benzene rings is 1. The second-order valence-electron chi connectivity index (χ2n) is 7.00. The summed E-state index contributed by atoms with van der Waals surface area (Å²) in [6.45, 7) is 3.90. The van der Waals surface area contributed by atoms with Gasteiger partial charge in [0.2, 0.25) is 0 Å². The van der Waals surface area contributed by atoms with Crippen LogP contribution >= 0.6 is 12.2 Å². The van der Waals surface area contributed by atoms with E-state index < -0.39 is 11.8 Å². The van der Waals surface area contributed by atoms with Crippen LogP contribution in [-0.2, 0) is 9.59 Å². The fourth-order valence-corrected chi connectivity index (χ4v) is 3.94. The molecule has 7 nitrogen and oxygen atoms in total. The Morgan fingerprint density at radius 1 is 1.10 bits per heavy atom. The number of para-hydroxylation sites is 2. The van der Waals surface area contributed by atoms with E-state index in [1.54, 1.807) is 42.7 Å². The lowest BCUT2D eigenvalue weighted by molar-refractivity contribution is -0.122. The summed E-state index contributed by atoms with van der Waals surface area (Å²) in [5, 5.41) is 2.62. The first-order valence-corrected chi connectivity index (χ1v) is 9.97. The molecule has 0 atom stereocenters. The average molecular weight is 433 g/mol. The molecular formula is C23H20N4O3S. The molecule has 1 aliphatic rings. The van der Waals surface area contributed by atoms with E-state index >= 15 is 0 Å². The van der Waals surface area contributed by atoms with Gasteiger partial charge in [-0.3, -0.25) is 19.9 Å². The van der Waals surface area contributed by atoms with E-state index in [0.717, 1.165) is 22.6 Å². The summed E-state index contributed by atoms with van der Waals surface area (Å²) in [4.78, 5) is 31.3. The van der Waals surface area contributed by atoms with Gasteiger partial charge >= 0.3 is 0 Å². The number of thiocarbonyl (C=S) groups is 1. The Morgan fingerprint density at radius 2 is 1.81 bits per heavy atom. The third-order valence-corrected chi connectivity index (χ3v) is 5.40. The fourth-order valence-electron chi connectivity index (χ4n) is 3.67. The van der Waals surface area contributed by atoms with E-state index in [2.05, 4.69) is 10.3 Å². The maximum atomic E-state index is 13.3. The van der Waals surface area contributed by atoms with E-state index in [0.29, 0.717) is 11.4 Å². The molecule has 31 heavy (non-hydrogen) atoms. The Bertz CT molecular complexity index is 1230. The summed E-state index contributed by atoms with van der Waals surface area (Å²) in [5.74, 6) is -0.564. The Kier molecular flexibility index (Phi) is 5.39. The van der Waals surface area contributed by atoms with Crippen LogP contribution in [0, 0.1) is 13.8 Å². The number of aryl methyl sites for hydroxylation is 1. The lowest BCUT2D eigenvalue weighted by Gasteiger charge is -2.29. The van der Waals surface area contributed by atoms with Crippen molar-refractivity contribution in [1.82, 2.24) is 14.9 Å². The smallest absolute Gasteiger partial charge is 0.270 e. The van der Waals surface area contributed by atoms with E-state index in [9.17, 15) is 9.59 Å². The molecule has 3 aromatic rings. The molecule has 0 unspecified atom stereocenters. The molecule has 1 fully saturated rings. The summed E-state index contributed by atoms with van der Waals surface area (Å²) < 4.78 is 7.41. The number of aromatic nitrogens is 2. The number of anilines is 1. The fraction of sp³-hybridized carbons (Fsp3) is 0.130. The molecule has 0 saturated carbocycles. The van der Waals surface area contributed by atoms with Crippen molar-refractivity contribution in [3.05, 3.63) is 77.4 Å². The Hall–Kier alpha value is -3.78. The van der Waals surface area contributed by atoms with Crippen LogP contribution < -0.4 is 15.0 Å². The topological polar surface area (TPSA) is 76.5 Å². The maximum Gasteiger partial charge on any atom is 0.270 e. The SMILES string of the molecule is COc1ccccc1N1C(=O)/C(=C/c2cc(C)n(-c3ccncc3)c2C)C(=O)NC1=S. The quantitative estimate of drug-likeness (QED) is 0.389. The second-order valence-corrected chi connectivity index (χ2v) is 7.38. The first-order chi connectivity index (χ1) is 14.9. The van der Waals surface area contributed by atoms with Crippen molar-refractivity contribution in [2.75, 3.05) is 12.0 Å². The number of nitrogens with zero attached hydrogens (tertiary/aromatic N) is 3. The van der Waals surface area contributed by atoms with Crippen LogP contribution in [0.2, 0.25) is 0 Å². The Morgan fingerprint density at radius 3 is 2.52 bits per heavy atom. The molecule has 0 bridgehead atoms. The molecule has 1 N–H and O–H groups in total. The zero-order valence-corrected chi connectivity index (χ0v) is 18.1. The van der Waals surface area contributed by atoms with Crippen LogP contribution in [0.1, 0.15) is 17.0 Å². The standard InChI is InChI=1S/C23H20N4O3S/c1-14-12-16(15(2)26(14)17-8-10-24-11-9-17)13-18-21(28)25-23(31)27(22(18)29)19-6-4-5-7-20(19)30-3/h4-13H,1-3H3,(H,25,28,31)/b18-13+. The van der Waals surface area contributed by atoms with Gasteiger partial charge in [-0.1, -0.05) is 12.1 Å². The van der Waals surface area contributed by atoms with Gasteiger partial charge in [0, 0.05) is 29.5 Å². The largest absolute Gasteiger partial charge is 0.495 e. The second kappa shape index (κ2) is 8.16. The van der Waals surface area contributed by atoms with Gasteiger partial charge in [0.1, 0.15) is 11.3 Å². The average Bonchev–Trinajstić information content (AvgIpc) is 3.04. The minimum atomic E-state index is -0.533. The molecule has 1 saturated heterocycles. The van der Waals surface area contributed by atoms with Crippen LogP contribution in [0.15, 0.2) is 60.4 Å². The normalized spacial score (nSPS) is 15.4. The molecule has 2 aromatic heterocycles. The molecule has 2 amide bonds. The monoisotopic (exact) mass is 432 g/mol. The number of carbonyl (C=O) groups is 2. The maximum absolute atomic E-state index is 13.3. The van der Waals surface area contributed by atoms with Gasteiger partial charge in [0.15, 0.2) is 5.11 Å². The highest BCUT2D eigenvalue weighted by molar-refractivity contribution is 7.80.